The molecule has 0 fully saturated rings. The van der Waals surface area contributed by atoms with E-state index in [2.05, 4.69) is 29.6 Å². The van der Waals surface area contributed by atoms with Crippen LogP contribution < -0.4 is 5.32 Å². The Morgan fingerprint density at radius 3 is 2.86 bits per heavy atom. The Kier molecular flexibility index (Phi) is 5.95. The molecule has 0 saturated carbocycles. The number of halogens is 1. The standard InChI is InChI=1S/C24H27FN2O2/c1-2-29-24(28)16-27-22-10-8-18(25)14-20(22)21-15-19(9-11-23(21)27)26-13-12-17-6-4-3-5-7-17/h3-8,10,14,19,26H,2,9,11-13,15-16H2,1H3/t19-/m0/s1. The molecule has 152 valence electrons. The molecule has 0 spiro atoms. The molecule has 0 saturated heterocycles. The number of rotatable bonds is 7. The van der Waals surface area contributed by atoms with Crippen molar-refractivity contribution in [1.82, 2.24) is 9.88 Å². The van der Waals surface area contributed by atoms with E-state index < -0.39 is 0 Å². The lowest BCUT2D eigenvalue weighted by atomic mass is 9.91. The van der Waals surface area contributed by atoms with Crippen LogP contribution in [0, 0.1) is 5.82 Å². The number of benzene rings is 2. The zero-order valence-corrected chi connectivity index (χ0v) is 16.8. The molecule has 29 heavy (non-hydrogen) atoms. The Morgan fingerprint density at radius 2 is 2.07 bits per heavy atom. The van der Waals surface area contributed by atoms with Gasteiger partial charge in [-0.2, -0.15) is 0 Å². The molecule has 5 heteroatoms. The molecule has 1 aliphatic carbocycles. The number of esters is 1. The average molecular weight is 394 g/mol. The van der Waals surface area contributed by atoms with Gasteiger partial charge in [-0.15, -0.1) is 0 Å². The second kappa shape index (κ2) is 8.78. The first kappa shape index (κ1) is 19.6. The SMILES string of the molecule is CCOC(=O)Cn1c2c(c3cc(F)ccc31)C[C@@H](NCCc1ccccc1)CC2. The minimum Gasteiger partial charge on any atom is -0.465 e. The van der Waals surface area contributed by atoms with Crippen LogP contribution in [0.4, 0.5) is 4.39 Å². The van der Waals surface area contributed by atoms with Gasteiger partial charge in [-0.3, -0.25) is 4.79 Å². The van der Waals surface area contributed by atoms with Crippen molar-refractivity contribution in [2.45, 2.75) is 45.2 Å². The zero-order chi connectivity index (χ0) is 20.2. The predicted molar refractivity (Wildman–Crippen MR) is 112 cm³/mol. The summed E-state index contributed by atoms with van der Waals surface area (Å²) in [6, 6.07) is 15.7. The van der Waals surface area contributed by atoms with E-state index >= 15 is 0 Å². The summed E-state index contributed by atoms with van der Waals surface area (Å²) >= 11 is 0. The highest BCUT2D eigenvalue weighted by atomic mass is 19.1. The number of ether oxygens (including phenoxy) is 1. The first-order valence-corrected chi connectivity index (χ1v) is 10.4. The number of carbonyl (C=O) groups is 1. The zero-order valence-electron chi connectivity index (χ0n) is 16.8. The minimum atomic E-state index is -0.250. The van der Waals surface area contributed by atoms with Crippen molar-refractivity contribution in [2.24, 2.45) is 0 Å². The van der Waals surface area contributed by atoms with Gasteiger partial charge >= 0.3 is 5.97 Å². The third kappa shape index (κ3) is 4.35. The van der Waals surface area contributed by atoms with Gasteiger partial charge in [0, 0.05) is 22.6 Å². The van der Waals surface area contributed by atoms with Crippen LogP contribution in [0.15, 0.2) is 48.5 Å². The molecule has 1 N–H and O–H groups in total. The van der Waals surface area contributed by atoms with Crippen molar-refractivity contribution in [3.05, 3.63) is 71.2 Å². The quantitative estimate of drug-likeness (QED) is 0.615. The smallest absolute Gasteiger partial charge is 0.325 e. The molecule has 1 aromatic heterocycles. The lowest BCUT2D eigenvalue weighted by Gasteiger charge is -2.25. The van der Waals surface area contributed by atoms with Gasteiger partial charge in [-0.1, -0.05) is 30.3 Å². The molecule has 1 atom stereocenters. The summed E-state index contributed by atoms with van der Waals surface area (Å²) in [4.78, 5) is 12.1. The van der Waals surface area contributed by atoms with Gasteiger partial charge in [0.1, 0.15) is 12.4 Å². The number of nitrogens with zero attached hydrogens (tertiary/aromatic N) is 1. The molecule has 0 aliphatic heterocycles. The van der Waals surface area contributed by atoms with Crippen LogP contribution in [0.25, 0.3) is 10.9 Å². The summed E-state index contributed by atoms with van der Waals surface area (Å²) in [5, 5.41) is 4.58. The van der Waals surface area contributed by atoms with Gasteiger partial charge in [0.05, 0.1) is 6.61 Å². The fourth-order valence-electron chi connectivity index (χ4n) is 4.38. The molecule has 4 rings (SSSR count). The molecule has 4 nitrogen and oxygen atoms in total. The molecular formula is C24H27FN2O2. The van der Waals surface area contributed by atoms with Crippen LogP contribution in [-0.4, -0.2) is 29.7 Å². The van der Waals surface area contributed by atoms with E-state index in [-0.39, 0.29) is 18.3 Å². The summed E-state index contributed by atoms with van der Waals surface area (Å²) < 4.78 is 21.1. The van der Waals surface area contributed by atoms with Gasteiger partial charge in [0.25, 0.3) is 0 Å². The van der Waals surface area contributed by atoms with Crippen molar-refractivity contribution in [2.75, 3.05) is 13.2 Å². The van der Waals surface area contributed by atoms with Crippen molar-refractivity contribution >= 4 is 16.9 Å². The van der Waals surface area contributed by atoms with Gasteiger partial charge in [0.2, 0.25) is 0 Å². The maximum Gasteiger partial charge on any atom is 0.325 e. The van der Waals surface area contributed by atoms with Gasteiger partial charge in [0.15, 0.2) is 0 Å². The van der Waals surface area contributed by atoms with Gasteiger partial charge in [-0.25, -0.2) is 4.39 Å². The molecule has 0 amide bonds. The minimum absolute atomic E-state index is 0.178. The average Bonchev–Trinajstić information content (AvgIpc) is 3.01. The normalized spacial score (nSPS) is 16.0. The summed E-state index contributed by atoms with van der Waals surface area (Å²) in [6.07, 6.45) is 3.71. The maximum atomic E-state index is 14.0. The van der Waals surface area contributed by atoms with Crippen LogP contribution in [0.2, 0.25) is 0 Å². The second-order valence-corrected chi connectivity index (χ2v) is 7.61. The Morgan fingerprint density at radius 1 is 1.24 bits per heavy atom. The third-order valence-corrected chi connectivity index (χ3v) is 5.71. The van der Waals surface area contributed by atoms with E-state index in [0.717, 1.165) is 54.4 Å². The lowest BCUT2D eigenvalue weighted by molar-refractivity contribution is -0.143. The maximum absolute atomic E-state index is 14.0. The molecule has 3 aromatic rings. The fraction of sp³-hybridized carbons (Fsp3) is 0.375. The number of nitrogens with one attached hydrogen (secondary N) is 1. The molecule has 1 heterocycles. The highest BCUT2D eigenvalue weighted by molar-refractivity contribution is 5.87. The van der Waals surface area contributed by atoms with Crippen molar-refractivity contribution < 1.29 is 13.9 Å². The van der Waals surface area contributed by atoms with Gasteiger partial charge in [-0.05, 0) is 68.5 Å². The van der Waals surface area contributed by atoms with Gasteiger partial charge < -0.3 is 14.6 Å². The molecule has 0 unspecified atom stereocenters. The van der Waals surface area contributed by atoms with E-state index in [9.17, 15) is 9.18 Å². The predicted octanol–water partition coefficient (Wildman–Crippen LogP) is 4.03. The van der Waals surface area contributed by atoms with E-state index in [1.807, 2.05) is 17.6 Å². The summed E-state index contributed by atoms with van der Waals surface area (Å²) in [6.45, 7) is 3.27. The van der Waals surface area contributed by atoms with Crippen LogP contribution in [0.1, 0.15) is 30.2 Å². The fourth-order valence-corrected chi connectivity index (χ4v) is 4.38. The highest BCUT2D eigenvalue weighted by Gasteiger charge is 2.26. The molecule has 0 radical (unpaired) electrons. The van der Waals surface area contributed by atoms with Crippen LogP contribution in [0.5, 0.6) is 0 Å². The Hall–Kier alpha value is -2.66. The van der Waals surface area contributed by atoms with Crippen molar-refractivity contribution in [3.63, 3.8) is 0 Å². The summed E-state index contributed by atoms with van der Waals surface area (Å²) in [5.74, 6) is -0.493. The Bertz CT molecular complexity index is 997. The van der Waals surface area contributed by atoms with Crippen LogP contribution >= 0.6 is 0 Å². The van der Waals surface area contributed by atoms with Crippen LogP contribution in [-0.2, 0) is 35.3 Å². The Labute approximate surface area is 170 Å². The van der Waals surface area contributed by atoms with Crippen molar-refractivity contribution in [3.8, 4) is 0 Å². The number of aromatic nitrogens is 1. The first-order valence-electron chi connectivity index (χ1n) is 10.4. The van der Waals surface area contributed by atoms with E-state index in [4.69, 9.17) is 4.74 Å². The number of fused-ring (bicyclic) bond motifs is 3. The van der Waals surface area contributed by atoms with Crippen molar-refractivity contribution in [1.29, 1.82) is 0 Å². The number of hydrogen-bond donors (Lipinski definition) is 1. The Balaban J connectivity index is 1.53. The van der Waals surface area contributed by atoms with Crippen LogP contribution in [0.3, 0.4) is 0 Å². The first-order chi connectivity index (χ1) is 14.2. The highest BCUT2D eigenvalue weighted by Crippen LogP contribution is 2.33. The number of hydrogen-bond acceptors (Lipinski definition) is 3. The molecule has 0 bridgehead atoms. The summed E-state index contributed by atoms with van der Waals surface area (Å²) in [7, 11) is 0. The third-order valence-electron chi connectivity index (χ3n) is 5.71. The topological polar surface area (TPSA) is 43.3 Å². The molecular weight excluding hydrogens is 367 g/mol. The second-order valence-electron chi connectivity index (χ2n) is 7.61. The largest absolute Gasteiger partial charge is 0.465 e. The lowest BCUT2D eigenvalue weighted by Crippen LogP contribution is -2.36. The van der Waals surface area contributed by atoms with E-state index in [1.54, 1.807) is 12.1 Å². The monoisotopic (exact) mass is 394 g/mol. The molecule has 2 aromatic carbocycles. The van der Waals surface area contributed by atoms with E-state index in [0.29, 0.717) is 12.6 Å². The summed E-state index contributed by atoms with van der Waals surface area (Å²) in [5.41, 5.74) is 4.53. The van der Waals surface area contributed by atoms with E-state index in [1.165, 1.54) is 11.6 Å². The number of carbonyl (C=O) groups excluding carboxylic acids is 1. The molecule has 1 aliphatic rings.